The van der Waals surface area contributed by atoms with Gasteiger partial charge in [-0.15, -0.1) is 11.3 Å². The van der Waals surface area contributed by atoms with Gasteiger partial charge in [-0.3, -0.25) is 14.6 Å². The van der Waals surface area contributed by atoms with Crippen molar-refractivity contribution in [1.29, 1.82) is 0 Å². The lowest BCUT2D eigenvalue weighted by molar-refractivity contribution is -0.126. The maximum Gasteiger partial charge on any atom is 0.253 e. The third kappa shape index (κ3) is 4.78. The highest BCUT2D eigenvalue weighted by Crippen LogP contribution is 2.19. The molecule has 0 saturated carbocycles. The number of nitrogen functional groups attached to an aromatic ring is 1. The van der Waals surface area contributed by atoms with Gasteiger partial charge in [-0.05, 0) is 37.8 Å². The Morgan fingerprint density at radius 1 is 1.27 bits per heavy atom. The van der Waals surface area contributed by atoms with Gasteiger partial charge in [0.15, 0.2) is 5.13 Å². The van der Waals surface area contributed by atoms with Crippen LogP contribution < -0.4 is 11.1 Å². The summed E-state index contributed by atoms with van der Waals surface area (Å²) < 4.78 is 0. The first-order chi connectivity index (χ1) is 12.6. The second-order valence-electron chi connectivity index (χ2n) is 6.37. The van der Waals surface area contributed by atoms with Crippen molar-refractivity contribution in [2.75, 3.05) is 25.4 Å². The predicted octanol–water partition coefficient (Wildman–Crippen LogP) is 1.72. The lowest BCUT2D eigenvalue weighted by atomic mass is 9.95. The Hall–Kier alpha value is -2.48. The highest BCUT2D eigenvalue weighted by atomic mass is 32.1. The number of aryl methyl sites for hydroxylation is 1. The van der Waals surface area contributed by atoms with Gasteiger partial charge in [-0.2, -0.15) is 0 Å². The number of carbonyl (C=O) groups excluding carboxylic acids is 2. The molecule has 3 N–H and O–H groups in total. The number of carbonyl (C=O) groups is 2. The molecule has 1 aliphatic rings. The summed E-state index contributed by atoms with van der Waals surface area (Å²) in [4.78, 5) is 34.7. The topological polar surface area (TPSA) is 101 Å². The van der Waals surface area contributed by atoms with Gasteiger partial charge in [0.2, 0.25) is 5.91 Å². The summed E-state index contributed by atoms with van der Waals surface area (Å²) in [6, 6.07) is 3.44. The van der Waals surface area contributed by atoms with Crippen LogP contribution in [0.25, 0.3) is 0 Å². The first-order valence-corrected chi connectivity index (χ1v) is 9.68. The minimum absolute atomic E-state index is 0.00814. The van der Waals surface area contributed by atoms with E-state index in [1.165, 1.54) is 11.3 Å². The Bertz CT molecular complexity index is 741. The quantitative estimate of drug-likeness (QED) is 0.751. The smallest absolute Gasteiger partial charge is 0.253 e. The number of anilines is 1. The number of hydrogen-bond donors (Lipinski definition) is 2. The van der Waals surface area contributed by atoms with Crippen LogP contribution >= 0.6 is 11.3 Å². The molecule has 0 radical (unpaired) electrons. The Morgan fingerprint density at radius 3 is 2.65 bits per heavy atom. The van der Waals surface area contributed by atoms with Crippen LogP contribution in [0.15, 0.2) is 29.9 Å². The van der Waals surface area contributed by atoms with E-state index in [-0.39, 0.29) is 17.7 Å². The van der Waals surface area contributed by atoms with E-state index < -0.39 is 0 Å². The standard InChI is InChI=1S/C18H23N5O2S/c19-18-22-15(12-26-18)2-1-7-21-16(24)13-5-10-23(11-6-13)17(25)14-3-8-20-9-4-14/h3-4,8-9,12-13H,1-2,5-7,10-11H2,(H2,19,22)(H,21,24). The Balaban J connectivity index is 1.37. The third-order valence-corrected chi connectivity index (χ3v) is 5.28. The average Bonchev–Trinajstić information content (AvgIpc) is 3.10. The minimum atomic E-state index is -0.0218. The maximum atomic E-state index is 12.4. The van der Waals surface area contributed by atoms with Gasteiger partial charge in [0.25, 0.3) is 5.91 Å². The van der Waals surface area contributed by atoms with Crippen molar-refractivity contribution in [3.8, 4) is 0 Å². The zero-order chi connectivity index (χ0) is 18.4. The Labute approximate surface area is 156 Å². The number of rotatable bonds is 6. The summed E-state index contributed by atoms with van der Waals surface area (Å²) in [5.41, 5.74) is 7.23. The van der Waals surface area contributed by atoms with Crippen LogP contribution in [0.4, 0.5) is 5.13 Å². The lowest BCUT2D eigenvalue weighted by Gasteiger charge is -2.31. The number of amides is 2. The molecule has 0 aromatic carbocycles. The van der Waals surface area contributed by atoms with E-state index in [4.69, 9.17) is 5.73 Å². The minimum Gasteiger partial charge on any atom is -0.375 e. The van der Waals surface area contributed by atoms with Gasteiger partial charge in [-0.1, -0.05) is 0 Å². The van der Waals surface area contributed by atoms with E-state index in [0.29, 0.717) is 43.2 Å². The van der Waals surface area contributed by atoms with Gasteiger partial charge in [0, 0.05) is 48.9 Å². The fourth-order valence-electron chi connectivity index (χ4n) is 3.08. The number of pyridine rings is 1. The second-order valence-corrected chi connectivity index (χ2v) is 7.26. The molecule has 26 heavy (non-hydrogen) atoms. The van der Waals surface area contributed by atoms with Crippen molar-refractivity contribution < 1.29 is 9.59 Å². The largest absolute Gasteiger partial charge is 0.375 e. The number of thiazole rings is 1. The molecular formula is C18H23N5O2S. The molecule has 138 valence electrons. The normalized spacial score (nSPS) is 15.0. The van der Waals surface area contributed by atoms with Crippen LogP contribution in [-0.2, 0) is 11.2 Å². The second kappa shape index (κ2) is 8.75. The zero-order valence-corrected chi connectivity index (χ0v) is 15.4. The molecule has 1 saturated heterocycles. The first-order valence-electron chi connectivity index (χ1n) is 8.80. The molecule has 0 unspecified atom stereocenters. The van der Waals surface area contributed by atoms with E-state index >= 15 is 0 Å². The van der Waals surface area contributed by atoms with E-state index in [2.05, 4.69) is 15.3 Å². The Morgan fingerprint density at radius 2 is 2.00 bits per heavy atom. The highest BCUT2D eigenvalue weighted by molar-refractivity contribution is 7.13. The average molecular weight is 373 g/mol. The molecule has 3 rings (SSSR count). The van der Waals surface area contributed by atoms with E-state index in [1.54, 1.807) is 24.5 Å². The van der Waals surface area contributed by atoms with Crippen LogP contribution in [-0.4, -0.2) is 46.3 Å². The molecule has 2 amide bonds. The van der Waals surface area contributed by atoms with Gasteiger partial charge in [0.1, 0.15) is 0 Å². The summed E-state index contributed by atoms with van der Waals surface area (Å²) in [7, 11) is 0. The molecule has 2 aromatic rings. The molecular weight excluding hydrogens is 350 g/mol. The summed E-state index contributed by atoms with van der Waals surface area (Å²) >= 11 is 1.44. The fraction of sp³-hybridized carbons (Fsp3) is 0.444. The number of piperidine rings is 1. The van der Waals surface area contributed by atoms with Crippen molar-refractivity contribution in [1.82, 2.24) is 20.2 Å². The van der Waals surface area contributed by atoms with Gasteiger partial charge in [0.05, 0.1) is 5.69 Å². The predicted molar refractivity (Wildman–Crippen MR) is 101 cm³/mol. The van der Waals surface area contributed by atoms with Crippen LogP contribution in [0.3, 0.4) is 0 Å². The monoisotopic (exact) mass is 373 g/mol. The van der Waals surface area contributed by atoms with E-state index in [9.17, 15) is 9.59 Å². The van der Waals surface area contributed by atoms with Crippen molar-refractivity contribution >= 4 is 28.3 Å². The number of nitrogens with two attached hydrogens (primary N) is 1. The molecule has 1 fully saturated rings. The van der Waals surface area contributed by atoms with Gasteiger partial charge in [-0.25, -0.2) is 4.98 Å². The lowest BCUT2D eigenvalue weighted by Crippen LogP contribution is -2.43. The zero-order valence-electron chi connectivity index (χ0n) is 14.6. The summed E-state index contributed by atoms with van der Waals surface area (Å²) in [6.07, 6.45) is 6.29. The van der Waals surface area contributed by atoms with E-state index in [1.807, 2.05) is 10.3 Å². The molecule has 1 aliphatic heterocycles. The summed E-state index contributed by atoms with van der Waals surface area (Å²) in [6.45, 7) is 1.85. The van der Waals surface area contributed by atoms with Crippen molar-refractivity contribution in [3.63, 3.8) is 0 Å². The highest BCUT2D eigenvalue weighted by Gasteiger charge is 2.27. The van der Waals surface area contributed by atoms with Crippen molar-refractivity contribution in [3.05, 3.63) is 41.2 Å². The van der Waals surface area contributed by atoms with Crippen molar-refractivity contribution in [2.45, 2.75) is 25.7 Å². The molecule has 0 aliphatic carbocycles. The van der Waals surface area contributed by atoms with Crippen LogP contribution in [0.2, 0.25) is 0 Å². The van der Waals surface area contributed by atoms with E-state index in [0.717, 1.165) is 18.5 Å². The summed E-state index contributed by atoms with van der Waals surface area (Å²) in [5, 5.41) is 5.53. The van der Waals surface area contributed by atoms with Crippen molar-refractivity contribution in [2.24, 2.45) is 5.92 Å². The molecule has 8 heteroatoms. The maximum absolute atomic E-state index is 12.4. The van der Waals surface area contributed by atoms with Crippen LogP contribution in [0.1, 0.15) is 35.3 Å². The number of nitrogens with one attached hydrogen (secondary N) is 1. The van der Waals surface area contributed by atoms with Crippen LogP contribution in [0.5, 0.6) is 0 Å². The number of nitrogens with zero attached hydrogens (tertiary/aromatic N) is 3. The number of aromatic nitrogens is 2. The van der Waals surface area contributed by atoms with Gasteiger partial charge < -0.3 is 16.0 Å². The van der Waals surface area contributed by atoms with Gasteiger partial charge >= 0.3 is 0 Å². The molecule has 7 nitrogen and oxygen atoms in total. The SMILES string of the molecule is Nc1nc(CCCNC(=O)C2CCN(C(=O)c3ccncc3)CC2)cs1. The van der Waals surface area contributed by atoms with Crippen LogP contribution in [0, 0.1) is 5.92 Å². The third-order valence-electron chi connectivity index (χ3n) is 4.56. The molecule has 0 spiro atoms. The molecule has 0 atom stereocenters. The fourth-order valence-corrected chi connectivity index (χ4v) is 3.68. The number of hydrogen-bond acceptors (Lipinski definition) is 6. The molecule has 3 heterocycles. The molecule has 2 aromatic heterocycles. The molecule has 0 bridgehead atoms. The first kappa shape index (κ1) is 18.3. The summed E-state index contributed by atoms with van der Waals surface area (Å²) in [5.74, 6) is 0.0685. The number of likely N-dealkylation sites (tertiary alicyclic amines) is 1. The Kier molecular flexibility index (Phi) is 6.17.